The minimum Gasteiger partial charge on any atom is -0.465 e. The second-order valence-electron chi connectivity index (χ2n) is 8.28. The number of hydrogen-bond donors (Lipinski definition) is 2. The third kappa shape index (κ3) is 4.19. The molecule has 2 amide bonds. The highest BCUT2D eigenvalue weighted by molar-refractivity contribution is 5.94. The zero-order valence-electron chi connectivity index (χ0n) is 18.3. The van der Waals surface area contributed by atoms with Crippen molar-refractivity contribution in [3.63, 3.8) is 0 Å². The number of anilines is 1. The summed E-state index contributed by atoms with van der Waals surface area (Å²) in [5.74, 6) is -0.0302. The molecule has 1 aliphatic rings. The fourth-order valence-corrected chi connectivity index (χ4v) is 4.54. The zero-order valence-corrected chi connectivity index (χ0v) is 18.3. The number of nitrogens with zero attached hydrogens (tertiary/aromatic N) is 2. The maximum absolute atomic E-state index is 12.4. The monoisotopic (exact) mass is 409 g/mol. The average Bonchev–Trinajstić information content (AvgIpc) is 2.67. The Morgan fingerprint density at radius 2 is 1.90 bits per heavy atom. The van der Waals surface area contributed by atoms with E-state index < -0.39 is 6.09 Å². The van der Waals surface area contributed by atoms with Crippen LogP contribution in [0.15, 0.2) is 42.5 Å². The molecule has 0 saturated carbocycles. The molecule has 3 rings (SSSR count). The van der Waals surface area contributed by atoms with Crippen molar-refractivity contribution in [2.24, 2.45) is 0 Å². The van der Waals surface area contributed by atoms with Crippen LogP contribution in [0, 0.1) is 0 Å². The van der Waals surface area contributed by atoms with Crippen molar-refractivity contribution in [3.8, 4) is 11.1 Å². The minimum atomic E-state index is -0.939. The van der Waals surface area contributed by atoms with Crippen LogP contribution in [0.25, 0.3) is 11.1 Å². The predicted molar refractivity (Wildman–Crippen MR) is 120 cm³/mol. The smallest absolute Gasteiger partial charge is 0.408 e. The van der Waals surface area contributed by atoms with E-state index >= 15 is 0 Å². The van der Waals surface area contributed by atoms with E-state index in [-0.39, 0.29) is 24.0 Å². The molecule has 160 valence electrons. The fourth-order valence-electron chi connectivity index (χ4n) is 4.54. The van der Waals surface area contributed by atoms with Gasteiger partial charge < -0.3 is 15.3 Å². The molecule has 0 aromatic heterocycles. The molecule has 2 atom stereocenters. The molecule has 0 fully saturated rings. The van der Waals surface area contributed by atoms with Crippen molar-refractivity contribution in [3.05, 3.63) is 53.6 Å². The first-order valence-electron chi connectivity index (χ1n) is 10.4. The Hall–Kier alpha value is -2.86. The number of nitrogens with one attached hydrogen (secondary N) is 1. The topological polar surface area (TPSA) is 72.9 Å². The third-order valence-electron chi connectivity index (χ3n) is 5.74. The summed E-state index contributed by atoms with van der Waals surface area (Å²) < 4.78 is 0. The first-order chi connectivity index (χ1) is 14.2. The SMILES string of the molecule is CNCc1cccc(-c2ccc3c(c2)[C@H](N(C(=O)O)C(C)C)C[C@H](C)N3C(C)=O)c1. The summed E-state index contributed by atoms with van der Waals surface area (Å²) in [6.07, 6.45) is -0.369. The molecule has 1 heterocycles. The number of benzene rings is 2. The van der Waals surface area contributed by atoms with Gasteiger partial charge in [0.05, 0.1) is 6.04 Å². The van der Waals surface area contributed by atoms with Gasteiger partial charge in [-0.3, -0.25) is 9.69 Å². The van der Waals surface area contributed by atoms with Gasteiger partial charge in [-0.15, -0.1) is 0 Å². The van der Waals surface area contributed by atoms with Crippen LogP contribution >= 0.6 is 0 Å². The number of carboxylic acid groups (broad SMARTS) is 1. The van der Waals surface area contributed by atoms with Gasteiger partial charge in [0.2, 0.25) is 5.91 Å². The number of carbonyl (C=O) groups excluding carboxylic acids is 1. The second kappa shape index (κ2) is 8.88. The highest BCUT2D eigenvalue weighted by Gasteiger charge is 2.38. The van der Waals surface area contributed by atoms with Gasteiger partial charge in [-0.2, -0.15) is 0 Å². The van der Waals surface area contributed by atoms with Crippen LogP contribution in [0.3, 0.4) is 0 Å². The molecule has 0 bridgehead atoms. The lowest BCUT2D eigenvalue weighted by molar-refractivity contribution is -0.117. The third-order valence-corrected chi connectivity index (χ3v) is 5.74. The van der Waals surface area contributed by atoms with Crippen molar-refractivity contribution in [2.45, 2.75) is 58.8 Å². The molecule has 2 aromatic carbocycles. The minimum absolute atomic E-state index is 0.0302. The van der Waals surface area contributed by atoms with E-state index in [4.69, 9.17) is 0 Å². The molecule has 0 unspecified atom stereocenters. The average molecular weight is 410 g/mol. The number of hydrogen-bond acceptors (Lipinski definition) is 3. The first kappa shape index (κ1) is 21.8. The molecule has 6 nitrogen and oxygen atoms in total. The Balaban J connectivity index is 2.15. The number of fused-ring (bicyclic) bond motifs is 1. The van der Waals surface area contributed by atoms with Crippen molar-refractivity contribution < 1.29 is 14.7 Å². The van der Waals surface area contributed by atoms with E-state index in [1.165, 1.54) is 10.5 Å². The summed E-state index contributed by atoms with van der Waals surface area (Å²) in [5, 5.41) is 13.1. The standard InChI is InChI=1S/C24H31N3O3/c1-15(2)26(24(29)30)23-11-16(3)27(17(4)28)22-10-9-20(13-21(22)23)19-8-6-7-18(12-19)14-25-5/h6-10,12-13,15-16,23,25H,11,14H2,1-5H3,(H,29,30)/t16-,23+/m0/s1. The van der Waals surface area contributed by atoms with Gasteiger partial charge in [0, 0.05) is 31.2 Å². The Labute approximate surface area is 178 Å². The summed E-state index contributed by atoms with van der Waals surface area (Å²) in [6.45, 7) is 8.10. The Kier molecular flexibility index (Phi) is 6.46. The van der Waals surface area contributed by atoms with Gasteiger partial charge in [0.1, 0.15) is 0 Å². The Morgan fingerprint density at radius 1 is 1.20 bits per heavy atom. The lowest BCUT2D eigenvalue weighted by atomic mass is 9.87. The maximum atomic E-state index is 12.4. The van der Waals surface area contributed by atoms with E-state index in [1.54, 1.807) is 11.8 Å². The lowest BCUT2D eigenvalue weighted by Gasteiger charge is -2.43. The summed E-state index contributed by atoms with van der Waals surface area (Å²) in [4.78, 5) is 27.8. The van der Waals surface area contributed by atoms with Crippen molar-refractivity contribution in [1.82, 2.24) is 10.2 Å². The predicted octanol–water partition coefficient (Wildman–Crippen LogP) is 4.65. The molecule has 2 N–H and O–H groups in total. The Bertz CT molecular complexity index is 941. The van der Waals surface area contributed by atoms with Gasteiger partial charge >= 0.3 is 6.09 Å². The summed E-state index contributed by atoms with van der Waals surface area (Å²) in [6, 6.07) is 13.8. The maximum Gasteiger partial charge on any atom is 0.408 e. The fraction of sp³-hybridized carbons (Fsp3) is 0.417. The highest BCUT2D eigenvalue weighted by atomic mass is 16.4. The quantitative estimate of drug-likeness (QED) is 0.754. The molecule has 6 heteroatoms. The van der Waals surface area contributed by atoms with E-state index in [1.807, 2.05) is 46.0 Å². The van der Waals surface area contributed by atoms with E-state index in [0.717, 1.165) is 28.9 Å². The molecule has 0 radical (unpaired) electrons. The molecule has 30 heavy (non-hydrogen) atoms. The number of rotatable bonds is 5. The van der Waals surface area contributed by atoms with Gasteiger partial charge in [-0.25, -0.2) is 4.79 Å². The van der Waals surface area contributed by atoms with Crippen LogP contribution in [0.2, 0.25) is 0 Å². The first-order valence-corrected chi connectivity index (χ1v) is 10.4. The van der Waals surface area contributed by atoms with Gasteiger partial charge in [0.15, 0.2) is 0 Å². The second-order valence-corrected chi connectivity index (χ2v) is 8.28. The van der Waals surface area contributed by atoms with Crippen molar-refractivity contribution >= 4 is 17.7 Å². The van der Waals surface area contributed by atoms with E-state index in [9.17, 15) is 14.7 Å². The largest absolute Gasteiger partial charge is 0.465 e. The molecular formula is C24H31N3O3. The van der Waals surface area contributed by atoms with Crippen molar-refractivity contribution in [1.29, 1.82) is 0 Å². The molecule has 0 aliphatic carbocycles. The molecule has 1 aliphatic heterocycles. The highest BCUT2D eigenvalue weighted by Crippen LogP contribution is 2.43. The number of amides is 2. The Morgan fingerprint density at radius 3 is 2.50 bits per heavy atom. The van der Waals surface area contributed by atoms with Gasteiger partial charge in [-0.1, -0.05) is 24.3 Å². The van der Waals surface area contributed by atoms with Gasteiger partial charge in [0.25, 0.3) is 0 Å². The molecular weight excluding hydrogens is 378 g/mol. The van der Waals surface area contributed by atoms with Crippen LogP contribution in [-0.4, -0.2) is 41.1 Å². The summed E-state index contributed by atoms with van der Waals surface area (Å²) in [7, 11) is 1.92. The summed E-state index contributed by atoms with van der Waals surface area (Å²) in [5.41, 5.74) is 4.95. The van der Waals surface area contributed by atoms with Gasteiger partial charge in [-0.05, 0) is 74.7 Å². The summed E-state index contributed by atoms with van der Waals surface area (Å²) >= 11 is 0. The molecule has 0 spiro atoms. The van der Waals surface area contributed by atoms with E-state index in [2.05, 4.69) is 29.6 Å². The van der Waals surface area contributed by atoms with E-state index in [0.29, 0.717) is 6.42 Å². The van der Waals surface area contributed by atoms with Crippen LogP contribution in [-0.2, 0) is 11.3 Å². The van der Waals surface area contributed by atoms with Crippen LogP contribution in [0.4, 0.5) is 10.5 Å². The normalized spacial score (nSPS) is 18.3. The van der Waals surface area contributed by atoms with Crippen LogP contribution in [0.1, 0.15) is 51.3 Å². The lowest BCUT2D eigenvalue weighted by Crippen LogP contribution is -2.48. The molecule has 0 saturated heterocycles. The number of carbonyl (C=O) groups is 2. The van der Waals surface area contributed by atoms with Crippen LogP contribution in [0.5, 0.6) is 0 Å². The molecule has 2 aromatic rings. The zero-order chi connectivity index (χ0) is 22.0. The van der Waals surface area contributed by atoms with Crippen LogP contribution < -0.4 is 10.2 Å². The van der Waals surface area contributed by atoms with Crippen molar-refractivity contribution in [2.75, 3.05) is 11.9 Å².